The minimum absolute atomic E-state index is 0.00536. The lowest BCUT2D eigenvalue weighted by molar-refractivity contribution is 0.0697. The number of pyridine rings is 1. The van der Waals surface area contributed by atoms with Gasteiger partial charge in [-0.1, -0.05) is 13.0 Å². The smallest absolute Gasteiger partial charge is 0.339 e. The Morgan fingerprint density at radius 2 is 2.00 bits per heavy atom. The molecule has 0 bridgehead atoms. The number of aromatic nitrogens is 1. The van der Waals surface area contributed by atoms with Crippen molar-refractivity contribution in [2.75, 3.05) is 22.7 Å². The van der Waals surface area contributed by atoms with Gasteiger partial charge in [-0.2, -0.15) is 0 Å². The summed E-state index contributed by atoms with van der Waals surface area (Å²) in [5.41, 5.74) is -0.0743. The Morgan fingerprint density at radius 1 is 1.30 bits per heavy atom. The zero-order chi connectivity index (χ0) is 19.6. The third-order valence-electron chi connectivity index (χ3n) is 4.54. The molecule has 27 heavy (non-hydrogen) atoms. The Kier molecular flexibility index (Phi) is 5.31. The highest BCUT2D eigenvalue weighted by Gasteiger charge is 2.23. The molecule has 1 aromatic heterocycles. The lowest BCUT2D eigenvalue weighted by atomic mass is 9.99. The summed E-state index contributed by atoms with van der Waals surface area (Å²) < 4.78 is 40.3. The van der Waals surface area contributed by atoms with Crippen LogP contribution in [0.2, 0.25) is 0 Å². The molecule has 2 aromatic rings. The first-order chi connectivity index (χ1) is 12.8. The molecule has 1 aromatic carbocycles. The Bertz CT molecular complexity index is 957. The number of rotatable bonds is 5. The van der Waals surface area contributed by atoms with Gasteiger partial charge in [0.05, 0.1) is 16.8 Å². The molecule has 0 atom stereocenters. The molecule has 0 radical (unpaired) electrons. The average Bonchev–Trinajstić information content (AvgIpc) is 2.62. The number of hydrogen-bond acceptors (Lipinski definition) is 5. The summed E-state index contributed by atoms with van der Waals surface area (Å²) in [5.74, 6) is -0.977. The number of nitrogens with zero attached hydrogens (tertiary/aromatic N) is 2. The van der Waals surface area contributed by atoms with Crippen molar-refractivity contribution in [3.05, 3.63) is 47.9 Å². The summed E-state index contributed by atoms with van der Waals surface area (Å²) in [4.78, 5) is 17.5. The molecule has 7 nitrogen and oxygen atoms in total. The normalized spacial score (nSPS) is 15.6. The monoisotopic (exact) mass is 393 g/mol. The van der Waals surface area contributed by atoms with E-state index in [0.29, 0.717) is 24.8 Å². The van der Waals surface area contributed by atoms with Crippen LogP contribution >= 0.6 is 0 Å². The molecule has 0 saturated carbocycles. The summed E-state index contributed by atoms with van der Waals surface area (Å²) in [7, 11) is -4.06. The number of nitrogens with one attached hydrogen (secondary N) is 1. The number of carboxylic acid groups (broad SMARTS) is 1. The van der Waals surface area contributed by atoms with Crippen LogP contribution in [0.1, 0.15) is 30.1 Å². The number of aromatic carboxylic acids is 1. The Morgan fingerprint density at radius 3 is 2.63 bits per heavy atom. The molecule has 1 saturated heterocycles. The van der Waals surface area contributed by atoms with E-state index in [0.717, 1.165) is 25.0 Å². The highest BCUT2D eigenvalue weighted by Crippen LogP contribution is 2.27. The first-order valence-electron chi connectivity index (χ1n) is 8.53. The van der Waals surface area contributed by atoms with Crippen LogP contribution in [0, 0.1) is 11.7 Å². The minimum Gasteiger partial charge on any atom is -0.478 e. The van der Waals surface area contributed by atoms with E-state index in [1.54, 1.807) is 0 Å². The quantitative estimate of drug-likeness (QED) is 0.810. The molecule has 3 rings (SSSR count). The number of benzene rings is 1. The first kappa shape index (κ1) is 19.1. The van der Waals surface area contributed by atoms with E-state index in [1.807, 2.05) is 4.90 Å². The van der Waals surface area contributed by atoms with Gasteiger partial charge in [0.25, 0.3) is 10.0 Å². The fraction of sp³-hybridized carbons (Fsp3) is 0.333. The van der Waals surface area contributed by atoms with E-state index >= 15 is 0 Å². The molecule has 1 aliphatic heterocycles. The lowest BCUT2D eigenvalue weighted by Gasteiger charge is -2.32. The van der Waals surface area contributed by atoms with E-state index < -0.39 is 21.8 Å². The highest BCUT2D eigenvalue weighted by atomic mass is 32.2. The number of carbonyl (C=O) groups is 1. The van der Waals surface area contributed by atoms with Crippen molar-refractivity contribution in [2.45, 2.75) is 24.7 Å². The van der Waals surface area contributed by atoms with Crippen molar-refractivity contribution in [1.82, 2.24) is 4.98 Å². The summed E-state index contributed by atoms with van der Waals surface area (Å²) in [6.45, 7) is 3.54. The summed E-state index contributed by atoms with van der Waals surface area (Å²) in [5, 5.41) is 9.53. The van der Waals surface area contributed by atoms with E-state index in [4.69, 9.17) is 0 Å². The van der Waals surface area contributed by atoms with E-state index in [2.05, 4.69) is 16.6 Å². The number of halogens is 1. The highest BCUT2D eigenvalue weighted by molar-refractivity contribution is 7.92. The van der Waals surface area contributed by atoms with Gasteiger partial charge in [0.15, 0.2) is 0 Å². The van der Waals surface area contributed by atoms with Crippen LogP contribution in [0.25, 0.3) is 0 Å². The zero-order valence-corrected chi connectivity index (χ0v) is 15.5. The predicted molar refractivity (Wildman–Crippen MR) is 99.0 cm³/mol. The van der Waals surface area contributed by atoms with Crippen molar-refractivity contribution in [3.8, 4) is 0 Å². The molecule has 0 spiro atoms. The van der Waals surface area contributed by atoms with Gasteiger partial charge in [0.1, 0.15) is 17.2 Å². The van der Waals surface area contributed by atoms with Crippen LogP contribution in [0.15, 0.2) is 41.4 Å². The van der Waals surface area contributed by atoms with Gasteiger partial charge in [-0.3, -0.25) is 4.72 Å². The molecular formula is C18H20FN3O4S. The van der Waals surface area contributed by atoms with E-state index in [1.165, 1.54) is 24.4 Å². The van der Waals surface area contributed by atoms with Crippen molar-refractivity contribution in [3.63, 3.8) is 0 Å². The Balaban J connectivity index is 1.89. The fourth-order valence-electron chi connectivity index (χ4n) is 2.99. The van der Waals surface area contributed by atoms with Crippen LogP contribution in [0.4, 0.5) is 15.9 Å². The molecular weight excluding hydrogens is 373 g/mol. The van der Waals surface area contributed by atoms with Gasteiger partial charge in [0, 0.05) is 13.1 Å². The average molecular weight is 393 g/mol. The summed E-state index contributed by atoms with van der Waals surface area (Å²) in [6.07, 6.45) is 3.15. The molecule has 1 fully saturated rings. The standard InChI is InChI=1S/C18H20FN3O4S/c1-12-5-7-22(8-6-12)17-16(18(23)24)10-14(11-20-17)21-27(25,26)15-4-2-3-13(19)9-15/h2-4,9-12,21H,5-8H2,1H3,(H,23,24). The largest absolute Gasteiger partial charge is 0.478 e. The van der Waals surface area contributed by atoms with Crippen LogP contribution in [-0.4, -0.2) is 37.6 Å². The number of anilines is 2. The van der Waals surface area contributed by atoms with Crippen molar-refractivity contribution >= 4 is 27.5 Å². The lowest BCUT2D eigenvalue weighted by Crippen LogP contribution is -2.34. The minimum atomic E-state index is -4.06. The second-order valence-corrected chi connectivity index (χ2v) is 8.32. The van der Waals surface area contributed by atoms with Gasteiger partial charge in [-0.25, -0.2) is 22.6 Å². The molecule has 2 heterocycles. The SMILES string of the molecule is CC1CCN(c2ncc(NS(=O)(=O)c3cccc(F)c3)cc2C(=O)O)CC1. The van der Waals surface area contributed by atoms with Crippen LogP contribution < -0.4 is 9.62 Å². The summed E-state index contributed by atoms with van der Waals surface area (Å²) in [6, 6.07) is 5.79. The maximum Gasteiger partial charge on any atom is 0.339 e. The fourth-order valence-corrected chi connectivity index (χ4v) is 4.06. The molecule has 0 aliphatic carbocycles. The molecule has 1 aliphatic rings. The number of hydrogen-bond donors (Lipinski definition) is 2. The molecule has 144 valence electrons. The second-order valence-electron chi connectivity index (χ2n) is 6.63. The first-order valence-corrected chi connectivity index (χ1v) is 10.0. The molecule has 0 amide bonds. The van der Waals surface area contributed by atoms with Crippen LogP contribution in [0.5, 0.6) is 0 Å². The second kappa shape index (κ2) is 7.51. The number of piperidine rings is 1. The van der Waals surface area contributed by atoms with Crippen LogP contribution in [0.3, 0.4) is 0 Å². The number of carboxylic acids is 1. The van der Waals surface area contributed by atoms with Gasteiger partial charge < -0.3 is 10.0 Å². The van der Waals surface area contributed by atoms with Crippen molar-refractivity contribution in [1.29, 1.82) is 0 Å². The molecule has 9 heteroatoms. The van der Waals surface area contributed by atoms with Gasteiger partial charge >= 0.3 is 5.97 Å². The van der Waals surface area contributed by atoms with E-state index in [-0.39, 0.29) is 16.1 Å². The summed E-state index contributed by atoms with van der Waals surface area (Å²) >= 11 is 0. The van der Waals surface area contributed by atoms with Gasteiger partial charge in [0.2, 0.25) is 0 Å². The Labute approximate surface area is 156 Å². The maximum absolute atomic E-state index is 13.3. The van der Waals surface area contributed by atoms with E-state index in [9.17, 15) is 22.7 Å². The molecule has 2 N–H and O–H groups in total. The maximum atomic E-state index is 13.3. The Hall–Kier alpha value is -2.68. The topological polar surface area (TPSA) is 99.6 Å². The predicted octanol–water partition coefficient (Wildman–Crippen LogP) is 2.96. The third kappa shape index (κ3) is 4.36. The number of sulfonamides is 1. The van der Waals surface area contributed by atoms with Crippen LogP contribution in [-0.2, 0) is 10.0 Å². The zero-order valence-electron chi connectivity index (χ0n) is 14.7. The van der Waals surface area contributed by atoms with Gasteiger partial charge in [-0.15, -0.1) is 0 Å². The van der Waals surface area contributed by atoms with Gasteiger partial charge in [-0.05, 0) is 43.0 Å². The van der Waals surface area contributed by atoms with Crippen molar-refractivity contribution in [2.24, 2.45) is 5.92 Å². The van der Waals surface area contributed by atoms with Crippen molar-refractivity contribution < 1.29 is 22.7 Å². The third-order valence-corrected chi connectivity index (χ3v) is 5.92. The molecule has 0 unspecified atom stereocenters.